The fourth-order valence-corrected chi connectivity index (χ4v) is 5.11. The van der Waals surface area contributed by atoms with E-state index in [1.165, 1.54) is 32.2 Å². The van der Waals surface area contributed by atoms with Crippen molar-refractivity contribution in [3.63, 3.8) is 0 Å². The topological polar surface area (TPSA) is 114 Å². The van der Waals surface area contributed by atoms with Crippen molar-refractivity contribution in [3.8, 4) is 5.75 Å². The molecule has 0 unspecified atom stereocenters. The third-order valence-corrected chi connectivity index (χ3v) is 6.67. The summed E-state index contributed by atoms with van der Waals surface area (Å²) >= 11 is 0. The lowest BCUT2D eigenvalue weighted by molar-refractivity contribution is -0.114. The van der Waals surface area contributed by atoms with Gasteiger partial charge in [0.05, 0.1) is 18.5 Å². The number of amides is 2. The molecule has 0 radical (unpaired) electrons. The van der Waals surface area contributed by atoms with Crippen LogP contribution in [0.5, 0.6) is 5.75 Å². The van der Waals surface area contributed by atoms with Crippen LogP contribution in [0, 0.1) is 6.92 Å². The summed E-state index contributed by atoms with van der Waals surface area (Å²) in [6.07, 6.45) is 3.56. The van der Waals surface area contributed by atoms with Crippen LogP contribution < -0.4 is 20.1 Å². The van der Waals surface area contributed by atoms with Gasteiger partial charge < -0.3 is 15.4 Å². The Balaban J connectivity index is 1.90. The summed E-state index contributed by atoms with van der Waals surface area (Å²) in [6, 6.07) is 9.39. The standard InChI is InChI=1S/C22H27N3O5S/c1-14-8-10-18(23-15(2)26)19(12-14)24-22(27)16-9-11-20(30-3)21(13-16)31(28,29)25-17-6-4-5-7-17/h8-13,17,25H,4-7H2,1-3H3,(H,23,26)(H,24,27). The van der Waals surface area contributed by atoms with Crippen molar-refractivity contribution in [2.24, 2.45) is 0 Å². The van der Waals surface area contributed by atoms with E-state index < -0.39 is 15.9 Å². The van der Waals surface area contributed by atoms with Crippen LogP contribution in [0.25, 0.3) is 0 Å². The van der Waals surface area contributed by atoms with Gasteiger partial charge in [-0.05, 0) is 55.7 Å². The van der Waals surface area contributed by atoms with Gasteiger partial charge in [-0.15, -0.1) is 0 Å². The number of nitrogens with one attached hydrogen (secondary N) is 3. The molecule has 0 aromatic heterocycles. The van der Waals surface area contributed by atoms with E-state index in [4.69, 9.17) is 4.74 Å². The lowest BCUT2D eigenvalue weighted by Crippen LogP contribution is -2.33. The van der Waals surface area contributed by atoms with Gasteiger partial charge in [-0.2, -0.15) is 0 Å². The monoisotopic (exact) mass is 445 g/mol. The van der Waals surface area contributed by atoms with E-state index in [1.54, 1.807) is 12.1 Å². The number of methoxy groups -OCH3 is 1. The summed E-state index contributed by atoms with van der Waals surface area (Å²) in [4.78, 5) is 24.3. The minimum Gasteiger partial charge on any atom is -0.495 e. The van der Waals surface area contributed by atoms with Crippen LogP contribution in [-0.2, 0) is 14.8 Å². The zero-order valence-corrected chi connectivity index (χ0v) is 18.6. The molecule has 2 amide bonds. The summed E-state index contributed by atoms with van der Waals surface area (Å²) in [7, 11) is -2.47. The highest BCUT2D eigenvalue weighted by atomic mass is 32.2. The summed E-state index contributed by atoms with van der Waals surface area (Å²) in [5.41, 5.74) is 1.92. The molecular formula is C22H27N3O5S. The zero-order chi connectivity index (χ0) is 22.6. The molecule has 0 heterocycles. The molecule has 31 heavy (non-hydrogen) atoms. The number of carbonyl (C=O) groups excluding carboxylic acids is 2. The Hall–Kier alpha value is -2.91. The van der Waals surface area contributed by atoms with E-state index in [2.05, 4.69) is 15.4 Å². The smallest absolute Gasteiger partial charge is 0.255 e. The minimum absolute atomic E-state index is 0.0825. The van der Waals surface area contributed by atoms with E-state index in [9.17, 15) is 18.0 Å². The highest BCUT2D eigenvalue weighted by Gasteiger charge is 2.26. The van der Waals surface area contributed by atoms with Gasteiger partial charge in [-0.3, -0.25) is 9.59 Å². The van der Waals surface area contributed by atoms with Crippen LogP contribution in [-0.4, -0.2) is 33.4 Å². The van der Waals surface area contributed by atoms with Crippen LogP contribution in [0.15, 0.2) is 41.3 Å². The third kappa shape index (κ3) is 5.62. The van der Waals surface area contributed by atoms with Gasteiger partial charge in [-0.25, -0.2) is 13.1 Å². The van der Waals surface area contributed by atoms with Crippen molar-refractivity contribution in [1.82, 2.24) is 4.72 Å². The third-order valence-electron chi connectivity index (χ3n) is 5.13. The normalized spacial score (nSPS) is 14.3. The SMILES string of the molecule is COc1ccc(C(=O)Nc2cc(C)ccc2NC(C)=O)cc1S(=O)(=O)NC1CCCC1. The number of anilines is 2. The number of hydrogen-bond acceptors (Lipinski definition) is 5. The van der Waals surface area contributed by atoms with E-state index in [0.29, 0.717) is 11.4 Å². The van der Waals surface area contributed by atoms with E-state index in [1.807, 2.05) is 13.0 Å². The molecule has 1 fully saturated rings. The molecule has 0 spiro atoms. The predicted octanol–water partition coefficient (Wildman–Crippen LogP) is 3.44. The highest BCUT2D eigenvalue weighted by Crippen LogP contribution is 2.29. The van der Waals surface area contributed by atoms with Gasteiger partial charge in [-0.1, -0.05) is 18.9 Å². The Kier molecular flexibility index (Phi) is 6.97. The van der Waals surface area contributed by atoms with Gasteiger partial charge in [0.2, 0.25) is 15.9 Å². The molecule has 166 valence electrons. The zero-order valence-electron chi connectivity index (χ0n) is 17.8. The maximum absolute atomic E-state index is 13.0. The summed E-state index contributed by atoms with van der Waals surface area (Å²) in [6.45, 7) is 3.24. The van der Waals surface area contributed by atoms with Crippen LogP contribution in [0.1, 0.15) is 48.5 Å². The number of rotatable bonds is 7. The van der Waals surface area contributed by atoms with Crippen molar-refractivity contribution in [2.75, 3.05) is 17.7 Å². The Morgan fingerprint density at radius 1 is 1.00 bits per heavy atom. The molecule has 1 aliphatic carbocycles. The first kappa shape index (κ1) is 22.8. The Labute approximate surface area is 182 Å². The Morgan fingerprint density at radius 2 is 1.71 bits per heavy atom. The lowest BCUT2D eigenvalue weighted by Gasteiger charge is -2.16. The minimum atomic E-state index is -3.86. The molecule has 8 nitrogen and oxygen atoms in total. The number of benzene rings is 2. The molecule has 2 aromatic rings. The molecule has 3 N–H and O–H groups in total. The second-order valence-corrected chi connectivity index (χ2v) is 9.34. The maximum atomic E-state index is 13.0. The average Bonchev–Trinajstić information content (AvgIpc) is 3.21. The van der Waals surface area contributed by atoms with Crippen molar-refractivity contribution in [2.45, 2.75) is 50.5 Å². The molecule has 3 rings (SSSR count). The predicted molar refractivity (Wildman–Crippen MR) is 119 cm³/mol. The lowest BCUT2D eigenvalue weighted by atomic mass is 10.1. The van der Waals surface area contributed by atoms with E-state index in [-0.39, 0.29) is 28.2 Å². The van der Waals surface area contributed by atoms with Crippen molar-refractivity contribution in [3.05, 3.63) is 47.5 Å². The molecule has 0 aliphatic heterocycles. The van der Waals surface area contributed by atoms with Crippen molar-refractivity contribution >= 4 is 33.2 Å². The fraction of sp³-hybridized carbons (Fsp3) is 0.364. The van der Waals surface area contributed by atoms with Gasteiger partial charge in [0.1, 0.15) is 10.6 Å². The van der Waals surface area contributed by atoms with Crippen molar-refractivity contribution < 1.29 is 22.7 Å². The molecule has 0 saturated heterocycles. The molecule has 0 bridgehead atoms. The first-order valence-electron chi connectivity index (χ1n) is 10.1. The molecular weight excluding hydrogens is 418 g/mol. The maximum Gasteiger partial charge on any atom is 0.255 e. The Morgan fingerprint density at radius 3 is 2.35 bits per heavy atom. The fourth-order valence-electron chi connectivity index (χ4n) is 3.61. The average molecular weight is 446 g/mol. The van der Waals surface area contributed by atoms with Gasteiger partial charge in [0.15, 0.2) is 0 Å². The highest BCUT2D eigenvalue weighted by molar-refractivity contribution is 7.89. The van der Waals surface area contributed by atoms with Crippen LogP contribution in [0.4, 0.5) is 11.4 Å². The van der Waals surface area contributed by atoms with Gasteiger partial charge in [0, 0.05) is 18.5 Å². The second-order valence-electron chi connectivity index (χ2n) is 7.65. The summed E-state index contributed by atoms with van der Waals surface area (Å²) < 4.78 is 33.8. The Bertz CT molecular complexity index is 1090. The van der Waals surface area contributed by atoms with E-state index >= 15 is 0 Å². The van der Waals surface area contributed by atoms with E-state index in [0.717, 1.165) is 31.2 Å². The molecule has 1 aliphatic rings. The quantitative estimate of drug-likeness (QED) is 0.604. The number of ether oxygens (including phenoxy) is 1. The second kappa shape index (κ2) is 9.49. The molecule has 0 atom stereocenters. The largest absolute Gasteiger partial charge is 0.495 e. The van der Waals surface area contributed by atoms with Crippen LogP contribution in [0.2, 0.25) is 0 Å². The van der Waals surface area contributed by atoms with Crippen molar-refractivity contribution in [1.29, 1.82) is 0 Å². The number of hydrogen-bond donors (Lipinski definition) is 3. The van der Waals surface area contributed by atoms with Gasteiger partial charge >= 0.3 is 0 Å². The summed E-state index contributed by atoms with van der Waals surface area (Å²) in [5.74, 6) is -0.608. The first-order chi connectivity index (χ1) is 14.7. The molecule has 9 heteroatoms. The number of carbonyl (C=O) groups is 2. The van der Waals surface area contributed by atoms with Gasteiger partial charge in [0.25, 0.3) is 5.91 Å². The van der Waals surface area contributed by atoms with Crippen LogP contribution >= 0.6 is 0 Å². The molecule has 2 aromatic carbocycles. The number of aryl methyl sites for hydroxylation is 1. The van der Waals surface area contributed by atoms with Crippen LogP contribution in [0.3, 0.4) is 0 Å². The molecule has 1 saturated carbocycles. The number of sulfonamides is 1. The first-order valence-corrected chi connectivity index (χ1v) is 11.6. The summed E-state index contributed by atoms with van der Waals surface area (Å²) in [5, 5.41) is 5.42.